The molecule has 0 bridgehead atoms. The van der Waals surface area contributed by atoms with Crippen LogP contribution in [0.5, 0.6) is 0 Å². The molecule has 18 heavy (non-hydrogen) atoms. The summed E-state index contributed by atoms with van der Waals surface area (Å²) in [5.74, 6) is 0.879. The molecule has 4 heteroatoms. The minimum absolute atomic E-state index is 0.156. The van der Waals surface area contributed by atoms with Gasteiger partial charge < -0.3 is 9.73 Å². The van der Waals surface area contributed by atoms with Crippen LogP contribution in [0.3, 0.4) is 0 Å². The SMILES string of the molecule is CCNC(Cc1ccc(Br)cc1)c1ccc(Cl)o1. The standard InChI is InChI=1S/C14H15BrClNO/c1-2-17-12(13-7-8-14(16)18-13)9-10-3-5-11(15)6-4-10/h3-8,12,17H,2,9H2,1H3. The van der Waals surface area contributed by atoms with Crippen molar-refractivity contribution in [1.29, 1.82) is 0 Å². The Labute approximate surface area is 120 Å². The smallest absolute Gasteiger partial charge is 0.193 e. The molecule has 2 rings (SSSR count). The third-order valence-corrected chi connectivity index (χ3v) is 3.47. The third kappa shape index (κ3) is 3.61. The van der Waals surface area contributed by atoms with E-state index >= 15 is 0 Å². The van der Waals surface area contributed by atoms with Gasteiger partial charge in [0.05, 0.1) is 6.04 Å². The summed E-state index contributed by atoms with van der Waals surface area (Å²) < 4.78 is 6.58. The lowest BCUT2D eigenvalue weighted by Gasteiger charge is -2.15. The highest BCUT2D eigenvalue weighted by molar-refractivity contribution is 9.10. The van der Waals surface area contributed by atoms with E-state index in [0.717, 1.165) is 23.2 Å². The molecule has 1 N–H and O–H groups in total. The maximum absolute atomic E-state index is 5.83. The molecular weight excluding hydrogens is 314 g/mol. The van der Waals surface area contributed by atoms with Crippen molar-refractivity contribution in [3.8, 4) is 0 Å². The summed E-state index contributed by atoms with van der Waals surface area (Å²) in [4.78, 5) is 0. The van der Waals surface area contributed by atoms with Gasteiger partial charge in [0, 0.05) is 4.47 Å². The lowest BCUT2D eigenvalue weighted by atomic mass is 10.0. The molecule has 1 unspecified atom stereocenters. The monoisotopic (exact) mass is 327 g/mol. The van der Waals surface area contributed by atoms with E-state index in [1.54, 1.807) is 6.07 Å². The Kier molecular flexibility index (Phi) is 4.87. The third-order valence-electron chi connectivity index (χ3n) is 2.74. The predicted molar refractivity (Wildman–Crippen MR) is 78.0 cm³/mol. The van der Waals surface area contributed by atoms with Crippen molar-refractivity contribution >= 4 is 27.5 Å². The van der Waals surface area contributed by atoms with Crippen LogP contribution in [-0.2, 0) is 6.42 Å². The highest BCUT2D eigenvalue weighted by Gasteiger charge is 2.15. The number of benzene rings is 1. The van der Waals surface area contributed by atoms with Crippen LogP contribution in [0.4, 0.5) is 0 Å². The average Bonchev–Trinajstić information content (AvgIpc) is 2.78. The first-order valence-corrected chi connectivity index (χ1v) is 7.09. The van der Waals surface area contributed by atoms with Gasteiger partial charge in [-0.1, -0.05) is 35.0 Å². The van der Waals surface area contributed by atoms with Gasteiger partial charge in [-0.05, 0) is 54.4 Å². The topological polar surface area (TPSA) is 25.2 Å². The second kappa shape index (κ2) is 6.41. The Balaban J connectivity index is 2.13. The molecule has 1 atom stereocenters. The molecule has 96 valence electrons. The summed E-state index contributed by atoms with van der Waals surface area (Å²) in [6, 6.07) is 12.2. The first-order valence-electron chi connectivity index (χ1n) is 5.92. The summed E-state index contributed by atoms with van der Waals surface area (Å²) in [6.07, 6.45) is 0.880. The number of hydrogen-bond acceptors (Lipinski definition) is 2. The lowest BCUT2D eigenvalue weighted by molar-refractivity contribution is 0.417. The van der Waals surface area contributed by atoms with E-state index < -0.39 is 0 Å². The quantitative estimate of drug-likeness (QED) is 0.868. The molecule has 0 aliphatic rings. The molecule has 0 amide bonds. The molecule has 0 saturated heterocycles. The Hall–Kier alpha value is -0.770. The average molecular weight is 329 g/mol. The van der Waals surface area contributed by atoms with E-state index in [0.29, 0.717) is 5.22 Å². The first-order chi connectivity index (χ1) is 8.69. The number of furan rings is 1. The van der Waals surface area contributed by atoms with Crippen LogP contribution >= 0.6 is 27.5 Å². The van der Waals surface area contributed by atoms with E-state index in [1.165, 1.54) is 5.56 Å². The van der Waals surface area contributed by atoms with E-state index in [1.807, 2.05) is 18.2 Å². The van der Waals surface area contributed by atoms with Crippen LogP contribution in [0, 0.1) is 0 Å². The van der Waals surface area contributed by atoms with Crippen LogP contribution in [-0.4, -0.2) is 6.54 Å². The zero-order valence-corrected chi connectivity index (χ0v) is 12.5. The van der Waals surface area contributed by atoms with Crippen molar-refractivity contribution in [2.24, 2.45) is 0 Å². The zero-order valence-electron chi connectivity index (χ0n) is 10.1. The van der Waals surface area contributed by atoms with E-state index in [-0.39, 0.29) is 6.04 Å². The fourth-order valence-corrected chi connectivity index (χ4v) is 2.31. The van der Waals surface area contributed by atoms with E-state index in [2.05, 4.69) is 40.3 Å². The fraction of sp³-hybridized carbons (Fsp3) is 0.286. The van der Waals surface area contributed by atoms with Crippen LogP contribution in [0.1, 0.15) is 24.3 Å². The summed E-state index contributed by atoms with van der Waals surface area (Å²) in [5.41, 5.74) is 1.26. The molecule has 2 nitrogen and oxygen atoms in total. The maximum atomic E-state index is 5.83. The second-order valence-electron chi connectivity index (χ2n) is 4.08. The second-order valence-corrected chi connectivity index (χ2v) is 5.37. The molecule has 1 aromatic carbocycles. The van der Waals surface area contributed by atoms with E-state index in [9.17, 15) is 0 Å². The minimum atomic E-state index is 0.156. The molecule has 0 saturated carbocycles. The molecule has 0 radical (unpaired) electrons. The Morgan fingerprint density at radius 2 is 1.94 bits per heavy atom. The summed E-state index contributed by atoms with van der Waals surface area (Å²) in [5, 5.41) is 3.85. The van der Waals surface area contributed by atoms with Crippen LogP contribution in [0.15, 0.2) is 45.3 Å². The van der Waals surface area contributed by atoms with Gasteiger partial charge in [0.2, 0.25) is 0 Å². The van der Waals surface area contributed by atoms with Crippen LogP contribution in [0.2, 0.25) is 5.22 Å². The van der Waals surface area contributed by atoms with Gasteiger partial charge in [-0.3, -0.25) is 0 Å². The number of rotatable bonds is 5. The van der Waals surface area contributed by atoms with Crippen molar-refractivity contribution in [2.75, 3.05) is 6.54 Å². The van der Waals surface area contributed by atoms with Gasteiger partial charge in [-0.2, -0.15) is 0 Å². The minimum Gasteiger partial charge on any atom is -0.448 e. The van der Waals surface area contributed by atoms with Gasteiger partial charge >= 0.3 is 0 Å². The zero-order chi connectivity index (χ0) is 13.0. The molecular formula is C14H15BrClNO. The summed E-state index contributed by atoms with van der Waals surface area (Å²) in [6.45, 7) is 2.97. The number of halogens is 2. The highest BCUT2D eigenvalue weighted by atomic mass is 79.9. The van der Waals surface area contributed by atoms with Crippen molar-refractivity contribution in [3.63, 3.8) is 0 Å². The van der Waals surface area contributed by atoms with Crippen molar-refractivity contribution < 1.29 is 4.42 Å². The van der Waals surface area contributed by atoms with E-state index in [4.69, 9.17) is 16.0 Å². The van der Waals surface area contributed by atoms with Gasteiger partial charge in [0.15, 0.2) is 5.22 Å². The number of hydrogen-bond donors (Lipinski definition) is 1. The van der Waals surface area contributed by atoms with Crippen LogP contribution in [0.25, 0.3) is 0 Å². The van der Waals surface area contributed by atoms with Gasteiger partial charge in [-0.25, -0.2) is 0 Å². The van der Waals surface area contributed by atoms with Crippen LogP contribution < -0.4 is 5.32 Å². The number of nitrogens with one attached hydrogen (secondary N) is 1. The maximum Gasteiger partial charge on any atom is 0.193 e. The highest BCUT2D eigenvalue weighted by Crippen LogP contribution is 2.23. The molecule has 1 heterocycles. The Morgan fingerprint density at radius 3 is 2.50 bits per heavy atom. The molecule has 0 spiro atoms. The van der Waals surface area contributed by atoms with Gasteiger partial charge in [-0.15, -0.1) is 0 Å². The van der Waals surface area contributed by atoms with Crippen molar-refractivity contribution in [1.82, 2.24) is 5.32 Å². The van der Waals surface area contributed by atoms with Gasteiger partial charge in [0.25, 0.3) is 0 Å². The molecule has 1 aromatic heterocycles. The Bertz CT molecular complexity index is 495. The first kappa shape index (κ1) is 13.7. The normalized spacial score (nSPS) is 12.6. The molecule has 0 fully saturated rings. The van der Waals surface area contributed by atoms with Crippen molar-refractivity contribution in [3.05, 3.63) is 57.4 Å². The lowest BCUT2D eigenvalue weighted by Crippen LogP contribution is -2.22. The molecule has 2 aromatic rings. The van der Waals surface area contributed by atoms with Crippen molar-refractivity contribution in [2.45, 2.75) is 19.4 Å². The molecule has 0 aliphatic carbocycles. The molecule has 0 aliphatic heterocycles. The van der Waals surface area contributed by atoms with Gasteiger partial charge in [0.1, 0.15) is 5.76 Å². The Morgan fingerprint density at radius 1 is 1.22 bits per heavy atom. The predicted octanol–water partition coefficient (Wildman–Crippen LogP) is 4.59. The fourth-order valence-electron chi connectivity index (χ4n) is 1.89. The summed E-state index contributed by atoms with van der Waals surface area (Å²) >= 11 is 9.27. The summed E-state index contributed by atoms with van der Waals surface area (Å²) in [7, 11) is 0. The largest absolute Gasteiger partial charge is 0.448 e. The number of likely N-dealkylation sites (N-methyl/N-ethyl adjacent to an activating group) is 1.